The summed E-state index contributed by atoms with van der Waals surface area (Å²) < 4.78 is 0. The predicted molar refractivity (Wildman–Crippen MR) is 62.6 cm³/mol. The molecule has 0 bridgehead atoms. The topological polar surface area (TPSA) is 27.0 Å². The first-order valence-electron chi connectivity index (χ1n) is 5.29. The monoisotopic (exact) mass is 202 g/mol. The molecule has 0 aliphatic rings. The van der Waals surface area contributed by atoms with Crippen molar-refractivity contribution < 1.29 is 0 Å². The number of rotatable bonds is 4. The predicted octanol–water partition coefficient (Wildman–Crippen LogP) is 2.38. The molecule has 1 aromatic rings. The van der Waals surface area contributed by atoms with Gasteiger partial charge in [-0.3, -0.25) is 4.90 Å². The molecule has 1 aromatic carbocycles. The normalized spacial score (nSPS) is 12.5. The average Bonchev–Trinajstić information content (AvgIpc) is 2.26. The maximum Gasteiger partial charge on any atom is 0.0946 e. The van der Waals surface area contributed by atoms with E-state index in [0.717, 1.165) is 13.0 Å². The summed E-state index contributed by atoms with van der Waals surface area (Å²) in [5.41, 5.74) is 2.70. The summed E-state index contributed by atoms with van der Waals surface area (Å²) in [6, 6.07) is 10.6. The smallest absolute Gasteiger partial charge is 0.0946 e. The fraction of sp³-hybridized carbons (Fsp3) is 0.462. The second-order valence-corrected chi connectivity index (χ2v) is 3.96. The van der Waals surface area contributed by atoms with Crippen molar-refractivity contribution in [2.45, 2.75) is 26.3 Å². The highest BCUT2D eigenvalue weighted by Gasteiger charge is 2.07. The fourth-order valence-electron chi connectivity index (χ4n) is 1.48. The van der Waals surface area contributed by atoms with Crippen LogP contribution in [0.3, 0.4) is 0 Å². The molecule has 0 amide bonds. The molecule has 0 aromatic heterocycles. The van der Waals surface area contributed by atoms with Gasteiger partial charge in [0.1, 0.15) is 0 Å². The summed E-state index contributed by atoms with van der Waals surface area (Å²) in [5.74, 6) is 0. The highest BCUT2D eigenvalue weighted by atomic mass is 15.1. The van der Waals surface area contributed by atoms with Gasteiger partial charge in [-0.15, -0.1) is 0 Å². The lowest BCUT2D eigenvalue weighted by Gasteiger charge is -2.19. The van der Waals surface area contributed by atoms with Gasteiger partial charge in [-0.2, -0.15) is 5.26 Å². The van der Waals surface area contributed by atoms with Gasteiger partial charge in [-0.25, -0.2) is 0 Å². The van der Waals surface area contributed by atoms with E-state index >= 15 is 0 Å². The van der Waals surface area contributed by atoms with Crippen LogP contribution < -0.4 is 0 Å². The third-order valence-corrected chi connectivity index (χ3v) is 2.84. The number of hydrogen-bond acceptors (Lipinski definition) is 2. The number of benzene rings is 1. The van der Waals surface area contributed by atoms with E-state index in [1.165, 1.54) is 11.1 Å². The average molecular weight is 202 g/mol. The summed E-state index contributed by atoms with van der Waals surface area (Å²) in [6.07, 6.45) is 1.01. The molecule has 0 spiro atoms. The van der Waals surface area contributed by atoms with Gasteiger partial charge in [-0.05, 0) is 38.4 Å². The highest BCUT2D eigenvalue weighted by molar-refractivity contribution is 5.25. The Morgan fingerprint density at radius 3 is 2.67 bits per heavy atom. The Labute approximate surface area is 92.1 Å². The summed E-state index contributed by atoms with van der Waals surface area (Å²) in [7, 11) is 1.99. The Hall–Kier alpha value is -1.33. The van der Waals surface area contributed by atoms with Crippen LogP contribution in [-0.4, -0.2) is 24.5 Å². The van der Waals surface area contributed by atoms with E-state index in [2.05, 4.69) is 42.2 Å². The van der Waals surface area contributed by atoms with Gasteiger partial charge in [0.2, 0.25) is 0 Å². The van der Waals surface area contributed by atoms with E-state index in [0.29, 0.717) is 0 Å². The van der Waals surface area contributed by atoms with E-state index < -0.39 is 0 Å². The maximum atomic E-state index is 8.77. The van der Waals surface area contributed by atoms with Crippen molar-refractivity contribution in [3.63, 3.8) is 0 Å². The minimum absolute atomic E-state index is 0.00554. The number of likely N-dealkylation sites (N-methyl/N-ethyl adjacent to an activating group) is 1. The maximum absolute atomic E-state index is 8.77. The van der Waals surface area contributed by atoms with E-state index in [9.17, 15) is 0 Å². The largest absolute Gasteiger partial charge is 0.291 e. The van der Waals surface area contributed by atoms with Gasteiger partial charge in [0, 0.05) is 6.54 Å². The number of nitrogens with zero attached hydrogens (tertiary/aromatic N) is 2. The van der Waals surface area contributed by atoms with Crippen LogP contribution in [0.2, 0.25) is 0 Å². The van der Waals surface area contributed by atoms with Crippen LogP contribution in [0, 0.1) is 18.3 Å². The molecular weight excluding hydrogens is 184 g/mol. The van der Waals surface area contributed by atoms with Crippen LogP contribution >= 0.6 is 0 Å². The Morgan fingerprint density at radius 1 is 1.40 bits per heavy atom. The molecule has 0 aliphatic carbocycles. The first-order valence-corrected chi connectivity index (χ1v) is 5.29. The molecule has 1 unspecified atom stereocenters. The summed E-state index contributed by atoms with van der Waals surface area (Å²) in [4.78, 5) is 2.08. The Bertz CT molecular complexity index is 352. The molecule has 0 fully saturated rings. The van der Waals surface area contributed by atoms with Crippen molar-refractivity contribution in [1.82, 2.24) is 4.90 Å². The van der Waals surface area contributed by atoms with Gasteiger partial charge in [0.05, 0.1) is 12.1 Å². The second kappa shape index (κ2) is 5.53. The van der Waals surface area contributed by atoms with Crippen molar-refractivity contribution >= 4 is 0 Å². The molecule has 0 aliphatic heterocycles. The Balaban J connectivity index is 2.51. The molecule has 0 N–H and O–H groups in total. The van der Waals surface area contributed by atoms with E-state index in [1.54, 1.807) is 0 Å². The molecule has 80 valence electrons. The number of aryl methyl sites for hydroxylation is 1. The SMILES string of the molecule is Cc1ccccc1CCN(C)C(C)C#N. The molecule has 2 heteroatoms. The standard InChI is InChI=1S/C13H18N2/c1-11-6-4-5-7-13(11)8-9-15(3)12(2)10-14/h4-7,12H,8-9H2,1-3H3. The molecule has 15 heavy (non-hydrogen) atoms. The zero-order chi connectivity index (χ0) is 11.3. The molecular formula is C13H18N2. The first kappa shape index (κ1) is 11.7. The van der Waals surface area contributed by atoms with Gasteiger partial charge < -0.3 is 0 Å². The summed E-state index contributed by atoms with van der Waals surface area (Å²) in [6.45, 7) is 4.99. The van der Waals surface area contributed by atoms with Crippen molar-refractivity contribution in [3.8, 4) is 6.07 Å². The van der Waals surface area contributed by atoms with Gasteiger partial charge in [0.15, 0.2) is 0 Å². The molecule has 1 atom stereocenters. The molecule has 1 rings (SSSR count). The molecule has 0 saturated heterocycles. The van der Waals surface area contributed by atoms with Crippen molar-refractivity contribution in [1.29, 1.82) is 5.26 Å². The minimum atomic E-state index is -0.00554. The highest BCUT2D eigenvalue weighted by Crippen LogP contribution is 2.08. The van der Waals surface area contributed by atoms with Crippen molar-refractivity contribution in [3.05, 3.63) is 35.4 Å². The lowest BCUT2D eigenvalue weighted by Crippen LogP contribution is -2.29. The van der Waals surface area contributed by atoms with Crippen LogP contribution in [0.4, 0.5) is 0 Å². The van der Waals surface area contributed by atoms with E-state index in [-0.39, 0.29) is 6.04 Å². The van der Waals surface area contributed by atoms with Crippen LogP contribution in [0.5, 0.6) is 0 Å². The molecule has 0 radical (unpaired) electrons. The minimum Gasteiger partial charge on any atom is -0.291 e. The molecule has 2 nitrogen and oxygen atoms in total. The van der Waals surface area contributed by atoms with E-state index in [1.807, 2.05) is 14.0 Å². The summed E-state index contributed by atoms with van der Waals surface area (Å²) in [5, 5.41) is 8.77. The van der Waals surface area contributed by atoms with E-state index in [4.69, 9.17) is 5.26 Å². The second-order valence-electron chi connectivity index (χ2n) is 3.96. The van der Waals surface area contributed by atoms with Gasteiger partial charge >= 0.3 is 0 Å². The zero-order valence-corrected chi connectivity index (χ0v) is 9.70. The summed E-state index contributed by atoms with van der Waals surface area (Å²) >= 11 is 0. The fourth-order valence-corrected chi connectivity index (χ4v) is 1.48. The third-order valence-electron chi connectivity index (χ3n) is 2.84. The third kappa shape index (κ3) is 3.38. The molecule has 0 saturated carbocycles. The van der Waals surface area contributed by atoms with Gasteiger partial charge in [0.25, 0.3) is 0 Å². The zero-order valence-electron chi connectivity index (χ0n) is 9.70. The number of hydrogen-bond donors (Lipinski definition) is 0. The first-order chi connectivity index (χ1) is 7.15. The van der Waals surface area contributed by atoms with Crippen LogP contribution in [0.25, 0.3) is 0 Å². The lowest BCUT2D eigenvalue weighted by molar-refractivity contribution is 0.306. The van der Waals surface area contributed by atoms with Crippen molar-refractivity contribution in [2.24, 2.45) is 0 Å². The van der Waals surface area contributed by atoms with Crippen molar-refractivity contribution in [2.75, 3.05) is 13.6 Å². The molecule has 0 heterocycles. The Kier molecular flexibility index (Phi) is 4.33. The lowest BCUT2D eigenvalue weighted by atomic mass is 10.1. The quantitative estimate of drug-likeness (QED) is 0.749. The van der Waals surface area contributed by atoms with Gasteiger partial charge in [-0.1, -0.05) is 24.3 Å². The van der Waals surface area contributed by atoms with Crippen LogP contribution in [0.1, 0.15) is 18.1 Å². The number of nitriles is 1. The Morgan fingerprint density at radius 2 is 2.07 bits per heavy atom. The van der Waals surface area contributed by atoms with Crippen LogP contribution in [0.15, 0.2) is 24.3 Å². The van der Waals surface area contributed by atoms with Crippen LogP contribution in [-0.2, 0) is 6.42 Å².